The van der Waals surface area contributed by atoms with E-state index in [1.807, 2.05) is 12.1 Å². The summed E-state index contributed by atoms with van der Waals surface area (Å²) in [5.74, 6) is 1.33. The molecular formula is C16H19N3O3S. The zero-order valence-electron chi connectivity index (χ0n) is 12.7. The molecule has 2 aromatic heterocycles. The third kappa shape index (κ3) is 2.91. The number of nitrogens with one attached hydrogen (secondary N) is 1. The molecular weight excluding hydrogens is 314 g/mol. The average Bonchev–Trinajstić information content (AvgIpc) is 3.29. The molecule has 4 rings (SSSR count). The van der Waals surface area contributed by atoms with E-state index in [0.717, 1.165) is 32.0 Å². The smallest absolute Gasteiger partial charge is 0.270 e. The first-order chi connectivity index (χ1) is 11.3. The van der Waals surface area contributed by atoms with Crippen LogP contribution < -0.4 is 5.32 Å². The van der Waals surface area contributed by atoms with Crippen molar-refractivity contribution in [3.05, 3.63) is 40.7 Å². The minimum Gasteiger partial charge on any atom is -0.468 e. The molecule has 1 amide bonds. The van der Waals surface area contributed by atoms with E-state index in [1.54, 1.807) is 17.2 Å². The minimum absolute atomic E-state index is 0.00171. The van der Waals surface area contributed by atoms with Crippen molar-refractivity contribution in [1.29, 1.82) is 0 Å². The standard InChI is InChI=1S/C16H19N3O3S/c20-15(14-7-23-11-18-14)17-8-16-9-19(4-12(16)6-21-10-16)5-13-2-1-3-22-13/h1-3,7,11-12H,4-6,8-10H2,(H,17,20)/t12-,16+/m0/s1. The Morgan fingerprint density at radius 3 is 3.30 bits per heavy atom. The van der Waals surface area contributed by atoms with Gasteiger partial charge in [0.1, 0.15) is 11.5 Å². The van der Waals surface area contributed by atoms with Crippen LogP contribution in [0.2, 0.25) is 0 Å². The van der Waals surface area contributed by atoms with Crippen LogP contribution in [0.4, 0.5) is 0 Å². The molecule has 2 aliphatic rings. The van der Waals surface area contributed by atoms with Crippen LogP contribution in [0.1, 0.15) is 16.2 Å². The summed E-state index contributed by atoms with van der Waals surface area (Å²) in [5.41, 5.74) is 2.17. The van der Waals surface area contributed by atoms with Gasteiger partial charge in [-0.1, -0.05) is 0 Å². The quantitative estimate of drug-likeness (QED) is 0.900. The van der Waals surface area contributed by atoms with Gasteiger partial charge in [-0.2, -0.15) is 0 Å². The largest absolute Gasteiger partial charge is 0.468 e. The maximum Gasteiger partial charge on any atom is 0.270 e. The molecule has 2 saturated heterocycles. The topological polar surface area (TPSA) is 67.6 Å². The highest BCUT2D eigenvalue weighted by Gasteiger charge is 2.50. The second-order valence-electron chi connectivity index (χ2n) is 6.38. The third-order valence-corrected chi connectivity index (χ3v) is 5.40. The van der Waals surface area contributed by atoms with Crippen LogP contribution in [0.3, 0.4) is 0 Å². The number of ether oxygens (including phenoxy) is 1. The van der Waals surface area contributed by atoms with Crippen LogP contribution in [-0.2, 0) is 11.3 Å². The zero-order valence-corrected chi connectivity index (χ0v) is 13.6. The number of amides is 1. The number of carbonyl (C=O) groups is 1. The van der Waals surface area contributed by atoms with Gasteiger partial charge in [0.25, 0.3) is 5.91 Å². The van der Waals surface area contributed by atoms with Crippen molar-refractivity contribution in [3.8, 4) is 0 Å². The van der Waals surface area contributed by atoms with Gasteiger partial charge < -0.3 is 14.5 Å². The lowest BCUT2D eigenvalue weighted by Crippen LogP contribution is -2.43. The van der Waals surface area contributed by atoms with Crippen molar-refractivity contribution in [3.63, 3.8) is 0 Å². The zero-order chi connectivity index (χ0) is 15.7. The Hall–Kier alpha value is -1.70. The fraction of sp³-hybridized carbons (Fsp3) is 0.500. The molecule has 2 atom stereocenters. The van der Waals surface area contributed by atoms with E-state index in [0.29, 0.717) is 24.8 Å². The summed E-state index contributed by atoms with van der Waals surface area (Å²) in [6, 6.07) is 3.92. The molecule has 0 aliphatic carbocycles. The molecule has 0 saturated carbocycles. The van der Waals surface area contributed by atoms with Gasteiger partial charge in [0.15, 0.2) is 0 Å². The number of hydrogen-bond donors (Lipinski definition) is 1. The summed E-state index contributed by atoms with van der Waals surface area (Å²) in [4.78, 5) is 18.6. The number of nitrogens with zero attached hydrogens (tertiary/aromatic N) is 2. The highest BCUT2D eigenvalue weighted by Crippen LogP contribution is 2.41. The Balaban J connectivity index is 1.40. The first-order valence-electron chi connectivity index (χ1n) is 7.74. The number of furan rings is 1. The number of fused-ring (bicyclic) bond motifs is 1. The normalized spacial score (nSPS) is 27.2. The SMILES string of the molecule is O=C(NC[C@@]12COC[C@@H]1CN(Cc1ccco1)C2)c1cscn1. The maximum atomic E-state index is 12.1. The van der Waals surface area contributed by atoms with E-state index >= 15 is 0 Å². The van der Waals surface area contributed by atoms with Crippen molar-refractivity contribution in [2.75, 3.05) is 32.8 Å². The lowest BCUT2D eigenvalue weighted by Gasteiger charge is -2.27. The third-order valence-electron chi connectivity index (χ3n) is 4.82. The van der Waals surface area contributed by atoms with E-state index in [1.165, 1.54) is 11.3 Å². The number of thiazole rings is 1. The van der Waals surface area contributed by atoms with E-state index in [4.69, 9.17) is 9.15 Å². The fourth-order valence-corrected chi connectivity index (χ4v) is 4.14. The molecule has 2 aromatic rings. The van der Waals surface area contributed by atoms with E-state index in [9.17, 15) is 4.79 Å². The van der Waals surface area contributed by atoms with Crippen LogP contribution in [0.25, 0.3) is 0 Å². The van der Waals surface area contributed by atoms with Gasteiger partial charge in [-0.15, -0.1) is 11.3 Å². The summed E-state index contributed by atoms with van der Waals surface area (Å²) in [5, 5.41) is 4.82. The van der Waals surface area contributed by atoms with Crippen LogP contribution in [0.5, 0.6) is 0 Å². The molecule has 0 spiro atoms. The van der Waals surface area contributed by atoms with Gasteiger partial charge in [-0.25, -0.2) is 4.98 Å². The van der Waals surface area contributed by atoms with E-state index < -0.39 is 0 Å². The summed E-state index contributed by atoms with van der Waals surface area (Å²) in [7, 11) is 0. The molecule has 7 heteroatoms. The molecule has 1 N–H and O–H groups in total. The van der Waals surface area contributed by atoms with Crippen LogP contribution in [0, 0.1) is 11.3 Å². The molecule has 0 bridgehead atoms. The van der Waals surface area contributed by atoms with Crippen LogP contribution >= 0.6 is 11.3 Å². The Bertz CT molecular complexity index is 658. The Morgan fingerprint density at radius 2 is 2.52 bits per heavy atom. The van der Waals surface area contributed by atoms with Crippen molar-refractivity contribution in [2.24, 2.45) is 11.3 Å². The van der Waals surface area contributed by atoms with E-state index in [-0.39, 0.29) is 11.3 Å². The Morgan fingerprint density at radius 1 is 1.57 bits per heavy atom. The first-order valence-corrected chi connectivity index (χ1v) is 8.68. The number of rotatable bonds is 5. The molecule has 2 fully saturated rings. The van der Waals surface area contributed by atoms with Gasteiger partial charge in [0.2, 0.25) is 0 Å². The lowest BCUT2D eigenvalue weighted by molar-refractivity contribution is 0.0898. The van der Waals surface area contributed by atoms with Crippen LogP contribution in [0.15, 0.2) is 33.7 Å². The monoisotopic (exact) mass is 333 g/mol. The molecule has 122 valence electrons. The highest BCUT2D eigenvalue weighted by molar-refractivity contribution is 7.07. The maximum absolute atomic E-state index is 12.1. The minimum atomic E-state index is -0.101. The molecule has 4 heterocycles. The molecule has 23 heavy (non-hydrogen) atoms. The van der Waals surface area contributed by atoms with Gasteiger partial charge in [0.05, 0.1) is 31.5 Å². The molecule has 0 radical (unpaired) electrons. The number of likely N-dealkylation sites (tertiary alicyclic amines) is 1. The number of hydrogen-bond acceptors (Lipinski definition) is 6. The molecule has 2 aliphatic heterocycles. The predicted octanol–water partition coefficient (Wildman–Crippen LogP) is 1.61. The number of carbonyl (C=O) groups excluding carboxylic acids is 1. The first kappa shape index (κ1) is 14.9. The summed E-state index contributed by atoms with van der Waals surface area (Å²) in [6.45, 7) is 4.79. The van der Waals surface area contributed by atoms with Crippen molar-refractivity contribution in [2.45, 2.75) is 6.54 Å². The van der Waals surface area contributed by atoms with Gasteiger partial charge in [0, 0.05) is 36.3 Å². The van der Waals surface area contributed by atoms with Crippen molar-refractivity contribution < 1.29 is 13.9 Å². The lowest BCUT2D eigenvalue weighted by atomic mass is 9.81. The Kier molecular flexibility index (Phi) is 3.92. The van der Waals surface area contributed by atoms with E-state index in [2.05, 4.69) is 15.2 Å². The second kappa shape index (κ2) is 6.07. The average molecular weight is 333 g/mol. The second-order valence-corrected chi connectivity index (χ2v) is 7.10. The van der Waals surface area contributed by atoms with Crippen molar-refractivity contribution >= 4 is 17.2 Å². The predicted molar refractivity (Wildman–Crippen MR) is 85.2 cm³/mol. The van der Waals surface area contributed by atoms with Crippen molar-refractivity contribution in [1.82, 2.24) is 15.2 Å². The molecule has 0 aromatic carbocycles. The van der Waals surface area contributed by atoms with Gasteiger partial charge in [-0.3, -0.25) is 9.69 Å². The summed E-state index contributed by atoms with van der Waals surface area (Å²) >= 11 is 1.43. The fourth-order valence-electron chi connectivity index (χ4n) is 3.61. The Labute approximate surface area is 138 Å². The molecule has 0 unspecified atom stereocenters. The van der Waals surface area contributed by atoms with Gasteiger partial charge in [-0.05, 0) is 12.1 Å². The number of aromatic nitrogens is 1. The highest BCUT2D eigenvalue weighted by atomic mass is 32.1. The summed E-state index contributed by atoms with van der Waals surface area (Å²) < 4.78 is 11.2. The molecule has 6 nitrogen and oxygen atoms in total. The van der Waals surface area contributed by atoms with Crippen LogP contribution in [-0.4, -0.2) is 48.6 Å². The van der Waals surface area contributed by atoms with Gasteiger partial charge >= 0.3 is 0 Å². The summed E-state index contributed by atoms with van der Waals surface area (Å²) in [6.07, 6.45) is 1.71.